The molecule has 0 spiro atoms. The molecule has 0 bridgehead atoms. The van der Waals surface area contributed by atoms with E-state index >= 15 is 0 Å². The molecule has 0 radical (unpaired) electrons. The van der Waals surface area contributed by atoms with Gasteiger partial charge in [0.1, 0.15) is 0 Å². The van der Waals surface area contributed by atoms with Crippen LogP contribution in [0.25, 0.3) is 0 Å². The van der Waals surface area contributed by atoms with Gasteiger partial charge in [-0.1, -0.05) is 52.0 Å². The van der Waals surface area contributed by atoms with Gasteiger partial charge >= 0.3 is 0 Å². The topological polar surface area (TPSA) is 12.0 Å². The lowest BCUT2D eigenvalue weighted by Crippen LogP contribution is -2.38. The molecule has 1 heterocycles. The number of rotatable bonds is 5. The Morgan fingerprint density at radius 1 is 1.24 bits per heavy atom. The highest BCUT2D eigenvalue weighted by molar-refractivity contribution is 8.00. The highest BCUT2D eigenvalue weighted by Gasteiger charge is 2.38. The maximum atomic E-state index is 3.81. The largest absolute Gasteiger partial charge is 0.309 e. The van der Waals surface area contributed by atoms with Crippen LogP contribution >= 0.6 is 11.8 Å². The molecule has 2 unspecified atom stereocenters. The van der Waals surface area contributed by atoms with Crippen LogP contribution in [0, 0.1) is 0 Å². The molecule has 0 aromatic heterocycles. The summed E-state index contributed by atoms with van der Waals surface area (Å²) in [7, 11) is 0. The average molecular weight is 306 g/mol. The van der Waals surface area contributed by atoms with E-state index in [2.05, 4.69) is 76.0 Å². The molecule has 0 saturated carbocycles. The normalized spacial score (nSPS) is 24.2. The minimum absolute atomic E-state index is 0.233. The molecule has 1 aromatic rings. The first-order valence-electron chi connectivity index (χ1n) is 8.34. The lowest BCUT2D eigenvalue weighted by molar-refractivity contribution is 0.413. The average Bonchev–Trinajstić information content (AvgIpc) is 2.86. The zero-order chi connectivity index (χ0) is 15.5. The first kappa shape index (κ1) is 16.9. The van der Waals surface area contributed by atoms with Gasteiger partial charge in [-0.25, -0.2) is 0 Å². The van der Waals surface area contributed by atoms with E-state index in [1.807, 2.05) is 0 Å². The summed E-state index contributed by atoms with van der Waals surface area (Å²) >= 11 is 2.15. The van der Waals surface area contributed by atoms with Gasteiger partial charge in [-0.15, -0.1) is 0 Å². The monoisotopic (exact) mass is 305 g/mol. The Hall–Kier alpha value is -0.470. The molecule has 1 aliphatic heterocycles. The fourth-order valence-corrected chi connectivity index (χ4v) is 4.61. The van der Waals surface area contributed by atoms with Crippen molar-refractivity contribution in [2.24, 2.45) is 0 Å². The van der Waals surface area contributed by atoms with E-state index in [1.165, 1.54) is 36.1 Å². The molecular weight excluding hydrogens is 274 g/mol. The van der Waals surface area contributed by atoms with E-state index in [1.54, 1.807) is 0 Å². The summed E-state index contributed by atoms with van der Waals surface area (Å²) in [5, 5.41) is 3.81. The summed E-state index contributed by atoms with van der Waals surface area (Å²) in [6.07, 6.45) is 3.86. The van der Waals surface area contributed by atoms with E-state index in [0.717, 1.165) is 6.54 Å². The third-order valence-electron chi connectivity index (χ3n) is 4.57. The molecule has 1 fully saturated rings. The first-order chi connectivity index (χ1) is 9.87. The minimum atomic E-state index is 0.233. The van der Waals surface area contributed by atoms with Crippen LogP contribution in [0.4, 0.5) is 0 Å². The van der Waals surface area contributed by atoms with Gasteiger partial charge in [0.15, 0.2) is 0 Å². The molecule has 2 heteroatoms. The maximum absolute atomic E-state index is 3.81. The molecule has 1 aromatic carbocycles. The van der Waals surface area contributed by atoms with Crippen molar-refractivity contribution in [1.82, 2.24) is 5.32 Å². The first-order valence-corrected chi connectivity index (χ1v) is 9.33. The van der Waals surface area contributed by atoms with Crippen LogP contribution < -0.4 is 5.32 Å². The van der Waals surface area contributed by atoms with E-state index in [0.29, 0.717) is 10.8 Å². The zero-order valence-corrected chi connectivity index (χ0v) is 15.1. The van der Waals surface area contributed by atoms with Crippen molar-refractivity contribution >= 4 is 11.8 Å². The third kappa shape index (κ3) is 4.04. The lowest BCUT2D eigenvalue weighted by atomic mass is 9.84. The highest BCUT2D eigenvalue weighted by atomic mass is 32.2. The Bertz CT molecular complexity index is 438. The van der Waals surface area contributed by atoms with Gasteiger partial charge in [0.2, 0.25) is 0 Å². The Balaban J connectivity index is 2.24. The number of hydrogen-bond acceptors (Lipinski definition) is 2. The summed E-state index contributed by atoms with van der Waals surface area (Å²) in [6, 6.07) is 9.80. The predicted octanol–water partition coefficient (Wildman–Crippen LogP) is 5.31. The number of nitrogens with one attached hydrogen (secondary N) is 1. The van der Waals surface area contributed by atoms with Crippen LogP contribution in [0.3, 0.4) is 0 Å². The van der Waals surface area contributed by atoms with Crippen molar-refractivity contribution in [3.05, 3.63) is 35.4 Å². The zero-order valence-electron chi connectivity index (χ0n) is 14.3. The Kier molecular flexibility index (Phi) is 5.43. The molecule has 0 amide bonds. The molecule has 1 nitrogen and oxygen atoms in total. The number of thioether (sulfide) groups is 1. The van der Waals surface area contributed by atoms with Gasteiger partial charge in [-0.05, 0) is 55.0 Å². The standard InChI is InChI=1S/C19H31NS/c1-6-13-20-17(19(5)12-7-14-21-19)15-8-10-16(11-9-15)18(2,3)4/h8-11,17,20H,6-7,12-14H2,1-5H3. The van der Waals surface area contributed by atoms with Gasteiger partial charge < -0.3 is 5.32 Å². The molecule has 0 aliphatic carbocycles. The second kappa shape index (κ2) is 6.75. The molecule has 118 valence electrons. The highest BCUT2D eigenvalue weighted by Crippen LogP contribution is 2.46. The molecule has 1 aliphatic rings. The van der Waals surface area contributed by atoms with Gasteiger partial charge in [0, 0.05) is 10.8 Å². The van der Waals surface area contributed by atoms with Crippen LogP contribution in [0.2, 0.25) is 0 Å². The summed E-state index contributed by atoms with van der Waals surface area (Å²) in [6.45, 7) is 12.6. The molecular formula is C19H31NS. The van der Waals surface area contributed by atoms with Gasteiger partial charge in [0.05, 0.1) is 0 Å². The van der Waals surface area contributed by atoms with Crippen molar-refractivity contribution in [1.29, 1.82) is 0 Å². The second-order valence-electron chi connectivity index (χ2n) is 7.52. The Morgan fingerprint density at radius 3 is 2.38 bits per heavy atom. The van der Waals surface area contributed by atoms with Gasteiger partial charge in [0.25, 0.3) is 0 Å². The Labute approximate surface area is 135 Å². The molecule has 2 rings (SSSR count). The SMILES string of the molecule is CCCNC(c1ccc(C(C)(C)C)cc1)C1(C)CCCS1. The fraction of sp³-hybridized carbons (Fsp3) is 0.684. The smallest absolute Gasteiger partial charge is 0.0466 e. The van der Waals surface area contributed by atoms with E-state index in [4.69, 9.17) is 0 Å². The summed E-state index contributed by atoms with van der Waals surface area (Å²) < 4.78 is 0.346. The van der Waals surface area contributed by atoms with Crippen LogP contribution in [-0.4, -0.2) is 17.0 Å². The molecule has 21 heavy (non-hydrogen) atoms. The van der Waals surface area contributed by atoms with E-state index < -0.39 is 0 Å². The van der Waals surface area contributed by atoms with Crippen LogP contribution in [0.5, 0.6) is 0 Å². The summed E-state index contributed by atoms with van der Waals surface area (Å²) in [5.74, 6) is 1.31. The van der Waals surface area contributed by atoms with Crippen LogP contribution in [-0.2, 0) is 5.41 Å². The summed E-state index contributed by atoms with van der Waals surface area (Å²) in [5.41, 5.74) is 3.11. The van der Waals surface area contributed by atoms with E-state index in [-0.39, 0.29) is 5.41 Å². The maximum Gasteiger partial charge on any atom is 0.0466 e. The molecule has 2 atom stereocenters. The molecule has 1 saturated heterocycles. The number of hydrogen-bond donors (Lipinski definition) is 1. The Morgan fingerprint density at radius 2 is 1.90 bits per heavy atom. The second-order valence-corrected chi connectivity index (χ2v) is 9.15. The van der Waals surface area contributed by atoms with Crippen molar-refractivity contribution in [3.63, 3.8) is 0 Å². The van der Waals surface area contributed by atoms with Crippen molar-refractivity contribution in [3.8, 4) is 0 Å². The van der Waals surface area contributed by atoms with Crippen LogP contribution in [0.1, 0.15) is 71.0 Å². The van der Waals surface area contributed by atoms with Crippen molar-refractivity contribution < 1.29 is 0 Å². The predicted molar refractivity (Wildman–Crippen MR) is 96.3 cm³/mol. The quantitative estimate of drug-likeness (QED) is 0.791. The summed E-state index contributed by atoms with van der Waals surface area (Å²) in [4.78, 5) is 0. The number of benzene rings is 1. The third-order valence-corrected chi connectivity index (χ3v) is 6.16. The van der Waals surface area contributed by atoms with Crippen molar-refractivity contribution in [2.75, 3.05) is 12.3 Å². The van der Waals surface area contributed by atoms with E-state index in [9.17, 15) is 0 Å². The minimum Gasteiger partial charge on any atom is -0.309 e. The lowest BCUT2D eigenvalue weighted by Gasteiger charge is -2.35. The molecule has 1 N–H and O–H groups in total. The van der Waals surface area contributed by atoms with Crippen molar-refractivity contribution in [2.45, 2.75) is 70.1 Å². The fourth-order valence-electron chi connectivity index (χ4n) is 3.18. The van der Waals surface area contributed by atoms with Gasteiger partial charge in [-0.2, -0.15) is 11.8 Å². The van der Waals surface area contributed by atoms with Gasteiger partial charge in [-0.3, -0.25) is 0 Å². The van der Waals surface area contributed by atoms with Crippen LogP contribution in [0.15, 0.2) is 24.3 Å².